The van der Waals surface area contributed by atoms with Gasteiger partial charge in [-0.3, -0.25) is 9.48 Å². The summed E-state index contributed by atoms with van der Waals surface area (Å²) < 4.78 is 13.2. The Labute approximate surface area is 196 Å². The standard InChI is InChI=1S/C27H24N4O3/c1-30-25-11-5-10-21(25)24(28-30)17-31(16-20-9-6-14-33-20)27(32)19-12-13-23-22(15-19)26(34-29-23)18-7-3-2-4-8-18/h2-4,6-9,12-15H,5,10-11,16-17H2,1H3. The third kappa shape index (κ3) is 3.59. The molecule has 3 aromatic heterocycles. The Hall–Kier alpha value is -4.13. The zero-order valence-corrected chi connectivity index (χ0v) is 18.9. The van der Waals surface area contributed by atoms with Gasteiger partial charge in [-0.25, -0.2) is 0 Å². The molecule has 0 atom stereocenters. The number of nitrogens with zero attached hydrogens (tertiary/aromatic N) is 4. The third-order valence-electron chi connectivity index (χ3n) is 6.51. The van der Waals surface area contributed by atoms with E-state index >= 15 is 0 Å². The molecule has 7 nitrogen and oxygen atoms in total. The van der Waals surface area contributed by atoms with Crippen molar-refractivity contribution in [3.63, 3.8) is 0 Å². The number of carbonyl (C=O) groups is 1. The molecular weight excluding hydrogens is 428 g/mol. The van der Waals surface area contributed by atoms with E-state index in [1.165, 1.54) is 11.3 Å². The summed E-state index contributed by atoms with van der Waals surface area (Å²) >= 11 is 0. The number of benzene rings is 2. The van der Waals surface area contributed by atoms with Crippen LogP contribution in [0.25, 0.3) is 22.2 Å². The lowest BCUT2D eigenvalue weighted by Crippen LogP contribution is -2.30. The molecule has 0 aliphatic heterocycles. The van der Waals surface area contributed by atoms with Crippen LogP contribution >= 0.6 is 0 Å². The highest BCUT2D eigenvalue weighted by Crippen LogP contribution is 2.30. The Morgan fingerprint density at radius 3 is 2.76 bits per heavy atom. The number of rotatable bonds is 6. The van der Waals surface area contributed by atoms with Gasteiger partial charge in [0.2, 0.25) is 0 Å². The Bertz CT molecular complexity index is 1460. The van der Waals surface area contributed by atoms with Crippen molar-refractivity contribution in [2.45, 2.75) is 32.4 Å². The maximum absolute atomic E-state index is 13.8. The minimum atomic E-state index is -0.0871. The fourth-order valence-corrected chi connectivity index (χ4v) is 4.85. The molecular formula is C27H24N4O3. The Balaban J connectivity index is 1.37. The summed E-state index contributed by atoms with van der Waals surface area (Å²) in [7, 11) is 1.98. The second-order valence-electron chi connectivity index (χ2n) is 8.70. The molecule has 1 aliphatic rings. The van der Waals surface area contributed by atoms with Gasteiger partial charge in [-0.15, -0.1) is 0 Å². The summed E-state index contributed by atoms with van der Waals surface area (Å²) in [5.41, 5.74) is 5.74. The molecule has 1 amide bonds. The van der Waals surface area contributed by atoms with Crippen LogP contribution in [0.4, 0.5) is 0 Å². The molecule has 0 fully saturated rings. The zero-order valence-electron chi connectivity index (χ0n) is 18.9. The maximum atomic E-state index is 13.8. The van der Waals surface area contributed by atoms with Gasteiger partial charge in [-0.05, 0) is 55.2 Å². The van der Waals surface area contributed by atoms with Gasteiger partial charge in [0.05, 0.1) is 30.4 Å². The summed E-state index contributed by atoms with van der Waals surface area (Å²) in [6.07, 6.45) is 4.81. The predicted molar refractivity (Wildman–Crippen MR) is 127 cm³/mol. The molecule has 0 saturated carbocycles. The maximum Gasteiger partial charge on any atom is 0.254 e. The van der Waals surface area contributed by atoms with Crippen LogP contribution in [0.3, 0.4) is 0 Å². The molecule has 0 unspecified atom stereocenters. The molecule has 0 N–H and O–H groups in total. The van der Waals surface area contributed by atoms with Gasteiger partial charge in [-0.1, -0.05) is 35.5 Å². The van der Waals surface area contributed by atoms with E-state index in [9.17, 15) is 4.79 Å². The van der Waals surface area contributed by atoms with Gasteiger partial charge >= 0.3 is 0 Å². The molecule has 34 heavy (non-hydrogen) atoms. The van der Waals surface area contributed by atoms with Crippen LogP contribution in [-0.2, 0) is 33.0 Å². The lowest BCUT2D eigenvalue weighted by molar-refractivity contribution is 0.0715. The van der Waals surface area contributed by atoms with Crippen molar-refractivity contribution in [1.29, 1.82) is 0 Å². The number of carbonyl (C=O) groups excluding carboxylic acids is 1. The number of amides is 1. The predicted octanol–water partition coefficient (Wildman–Crippen LogP) is 5.15. The first-order valence-corrected chi connectivity index (χ1v) is 11.5. The molecule has 0 bridgehead atoms. The fourth-order valence-electron chi connectivity index (χ4n) is 4.85. The zero-order chi connectivity index (χ0) is 23.1. The molecule has 5 aromatic rings. The average molecular weight is 453 g/mol. The number of hydrogen-bond donors (Lipinski definition) is 0. The molecule has 1 aliphatic carbocycles. The Morgan fingerprint density at radius 2 is 1.94 bits per heavy atom. The molecule has 0 saturated heterocycles. The second kappa shape index (κ2) is 8.33. The Morgan fingerprint density at radius 1 is 1.06 bits per heavy atom. The fraction of sp³-hybridized carbons (Fsp3) is 0.222. The smallest absolute Gasteiger partial charge is 0.254 e. The van der Waals surface area contributed by atoms with Gasteiger partial charge in [0, 0.05) is 23.9 Å². The van der Waals surface area contributed by atoms with Crippen molar-refractivity contribution in [3.05, 3.63) is 95.2 Å². The first-order chi connectivity index (χ1) is 16.7. The monoisotopic (exact) mass is 452 g/mol. The molecule has 3 heterocycles. The van der Waals surface area contributed by atoms with Gasteiger partial charge in [0.25, 0.3) is 5.91 Å². The third-order valence-corrected chi connectivity index (χ3v) is 6.51. The number of fused-ring (bicyclic) bond motifs is 2. The highest BCUT2D eigenvalue weighted by atomic mass is 16.5. The Kier molecular flexibility index (Phi) is 5.02. The molecule has 0 radical (unpaired) electrons. The molecule has 2 aromatic carbocycles. The van der Waals surface area contributed by atoms with E-state index in [2.05, 4.69) is 5.16 Å². The van der Waals surface area contributed by atoms with E-state index in [0.717, 1.165) is 47.2 Å². The van der Waals surface area contributed by atoms with E-state index in [4.69, 9.17) is 14.0 Å². The molecule has 0 spiro atoms. The van der Waals surface area contributed by atoms with Gasteiger partial charge in [0.1, 0.15) is 11.3 Å². The largest absolute Gasteiger partial charge is 0.467 e. The summed E-state index contributed by atoms with van der Waals surface area (Å²) in [5.74, 6) is 1.30. The highest BCUT2D eigenvalue weighted by molar-refractivity contribution is 6.01. The first-order valence-electron chi connectivity index (χ1n) is 11.5. The second-order valence-corrected chi connectivity index (χ2v) is 8.70. The summed E-state index contributed by atoms with van der Waals surface area (Å²) in [5, 5.41) is 9.74. The van der Waals surface area contributed by atoms with Crippen molar-refractivity contribution in [3.8, 4) is 11.3 Å². The van der Waals surface area contributed by atoms with Crippen molar-refractivity contribution in [2.75, 3.05) is 0 Å². The minimum Gasteiger partial charge on any atom is -0.467 e. The van der Waals surface area contributed by atoms with Crippen molar-refractivity contribution in [1.82, 2.24) is 19.8 Å². The van der Waals surface area contributed by atoms with Crippen LogP contribution in [0.1, 0.15) is 39.5 Å². The molecule has 170 valence electrons. The first kappa shape index (κ1) is 20.5. The number of aromatic nitrogens is 3. The molecule has 6 rings (SSSR count). The number of hydrogen-bond acceptors (Lipinski definition) is 5. The van der Waals surface area contributed by atoms with Gasteiger partial charge in [-0.2, -0.15) is 5.10 Å². The van der Waals surface area contributed by atoms with Crippen LogP contribution in [0, 0.1) is 0 Å². The minimum absolute atomic E-state index is 0.0871. The number of aryl methyl sites for hydroxylation is 1. The summed E-state index contributed by atoms with van der Waals surface area (Å²) in [6.45, 7) is 0.792. The van der Waals surface area contributed by atoms with Crippen molar-refractivity contribution in [2.24, 2.45) is 7.05 Å². The van der Waals surface area contributed by atoms with Crippen LogP contribution in [0.5, 0.6) is 0 Å². The van der Waals surface area contributed by atoms with E-state index < -0.39 is 0 Å². The normalized spacial score (nSPS) is 12.9. The van der Waals surface area contributed by atoms with E-state index in [0.29, 0.717) is 24.4 Å². The average Bonchev–Trinajstić information content (AvgIpc) is 3.66. The van der Waals surface area contributed by atoms with E-state index in [1.807, 2.05) is 66.3 Å². The van der Waals surface area contributed by atoms with E-state index in [-0.39, 0.29) is 5.91 Å². The summed E-state index contributed by atoms with van der Waals surface area (Å²) in [6, 6.07) is 19.0. The van der Waals surface area contributed by atoms with Crippen LogP contribution in [0.15, 0.2) is 75.9 Å². The quantitative estimate of drug-likeness (QED) is 0.356. The SMILES string of the molecule is Cn1nc(CN(Cc2ccco2)C(=O)c2ccc3noc(-c4ccccc4)c3c2)c2c1CCC2. The van der Waals surface area contributed by atoms with Gasteiger partial charge < -0.3 is 13.8 Å². The van der Waals surface area contributed by atoms with Gasteiger partial charge in [0.15, 0.2) is 5.76 Å². The van der Waals surface area contributed by atoms with Crippen LogP contribution < -0.4 is 0 Å². The highest BCUT2D eigenvalue weighted by Gasteiger charge is 2.26. The topological polar surface area (TPSA) is 77.3 Å². The van der Waals surface area contributed by atoms with Crippen LogP contribution in [-0.4, -0.2) is 25.7 Å². The summed E-state index contributed by atoms with van der Waals surface area (Å²) in [4.78, 5) is 15.6. The van der Waals surface area contributed by atoms with E-state index in [1.54, 1.807) is 17.2 Å². The van der Waals surface area contributed by atoms with Crippen molar-refractivity contribution < 1.29 is 13.7 Å². The van der Waals surface area contributed by atoms with Crippen LogP contribution in [0.2, 0.25) is 0 Å². The molecule has 7 heteroatoms. The lowest BCUT2D eigenvalue weighted by atomic mass is 10.1. The number of furan rings is 1. The lowest BCUT2D eigenvalue weighted by Gasteiger charge is -2.21. The van der Waals surface area contributed by atoms with Crippen molar-refractivity contribution >= 4 is 16.8 Å².